The van der Waals surface area contributed by atoms with E-state index in [1.807, 2.05) is 13.1 Å². The smallest absolute Gasteiger partial charge is 0.354 e. The van der Waals surface area contributed by atoms with Crippen LogP contribution in [0.3, 0.4) is 0 Å². The number of carboxylic acid groups (broad SMARTS) is 1. The Morgan fingerprint density at radius 2 is 2.31 bits per heavy atom. The largest absolute Gasteiger partial charge is 0.477 e. The zero-order valence-electron chi connectivity index (χ0n) is 9.81. The Morgan fingerprint density at radius 1 is 1.56 bits per heavy atom. The maximum atomic E-state index is 10.7. The standard InChI is InChI=1S/C12H18N2O2/c1-3-4-7-14(2)9-10-5-6-13-11(8-10)12(15)16/h5-6,8H,3-4,7,9H2,1-2H3,(H,15,16). The highest BCUT2D eigenvalue weighted by atomic mass is 16.4. The lowest BCUT2D eigenvalue weighted by atomic mass is 10.2. The number of rotatable bonds is 6. The Bertz CT molecular complexity index is 353. The first-order valence-corrected chi connectivity index (χ1v) is 5.50. The number of pyridine rings is 1. The molecule has 1 N–H and O–H groups in total. The van der Waals surface area contributed by atoms with Crippen LogP contribution in [0.4, 0.5) is 0 Å². The number of hydrogen-bond acceptors (Lipinski definition) is 3. The predicted molar refractivity (Wildman–Crippen MR) is 62.4 cm³/mol. The molecule has 0 aliphatic rings. The Labute approximate surface area is 95.9 Å². The van der Waals surface area contributed by atoms with E-state index in [1.54, 1.807) is 12.3 Å². The average Bonchev–Trinajstić information content (AvgIpc) is 2.26. The summed E-state index contributed by atoms with van der Waals surface area (Å²) in [6.45, 7) is 3.95. The maximum Gasteiger partial charge on any atom is 0.354 e. The van der Waals surface area contributed by atoms with Gasteiger partial charge >= 0.3 is 5.97 Å². The number of unbranched alkanes of at least 4 members (excludes halogenated alkanes) is 1. The van der Waals surface area contributed by atoms with Crippen molar-refractivity contribution in [2.45, 2.75) is 26.3 Å². The molecule has 88 valence electrons. The summed E-state index contributed by atoms with van der Waals surface area (Å²) in [5.74, 6) is -0.974. The normalized spacial score (nSPS) is 10.7. The Balaban J connectivity index is 2.59. The van der Waals surface area contributed by atoms with Crippen LogP contribution in [0.1, 0.15) is 35.8 Å². The minimum absolute atomic E-state index is 0.112. The lowest BCUT2D eigenvalue weighted by molar-refractivity contribution is 0.0690. The fourth-order valence-electron chi connectivity index (χ4n) is 1.51. The van der Waals surface area contributed by atoms with Crippen molar-refractivity contribution in [2.24, 2.45) is 0 Å². The van der Waals surface area contributed by atoms with Crippen molar-refractivity contribution in [3.8, 4) is 0 Å². The molecule has 16 heavy (non-hydrogen) atoms. The molecule has 0 saturated carbocycles. The summed E-state index contributed by atoms with van der Waals surface area (Å²) in [5, 5.41) is 8.81. The first-order chi connectivity index (χ1) is 7.63. The summed E-state index contributed by atoms with van der Waals surface area (Å²) in [5.41, 5.74) is 1.10. The van der Waals surface area contributed by atoms with Gasteiger partial charge in [0.05, 0.1) is 0 Å². The molecule has 4 heteroatoms. The van der Waals surface area contributed by atoms with Crippen LogP contribution < -0.4 is 0 Å². The van der Waals surface area contributed by atoms with Crippen molar-refractivity contribution in [1.82, 2.24) is 9.88 Å². The summed E-state index contributed by atoms with van der Waals surface area (Å²) in [6.07, 6.45) is 3.88. The SMILES string of the molecule is CCCCN(C)Cc1ccnc(C(=O)O)c1. The lowest BCUT2D eigenvalue weighted by Crippen LogP contribution is -2.19. The highest BCUT2D eigenvalue weighted by molar-refractivity contribution is 5.85. The van der Waals surface area contributed by atoms with Gasteiger partial charge in [-0.05, 0) is 37.7 Å². The van der Waals surface area contributed by atoms with Crippen molar-refractivity contribution in [3.05, 3.63) is 29.6 Å². The van der Waals surface area contributed by atoms with Crippen molar-refractivity contribution in [3.63, 3.8) is 0 Å². The fourth-order valence-corrected chi connectivity index (χ4v) is 1.51. The third kappa shape index (κ3) is 3.98. The monoisotopic (exact) mass is 222 g/mol. The third-order valence-electron chi connectivity index (χ3n) is 2.39. The van der Waals surface area contributed by atoms with E-state index < -0.39 is 5.97 Å². The molecule has 4 nitrogen and oxygen atoms in total. The van der Waals surface area contributed by atoms with Crippen molar-refractivity contribution in [2.75, 3.05) is 13.6 Å². The van der Waals surface area contributed by atoms with Gasteiger partial charge in [0.15, 0.2) is 0 Å². The average molecular weight is 222 g/mol. The fraction of sp³-hybridized carbons (Fsp3) is 0.500. The second kappa shape index (κ2) is 6.23. The Kier molecular flexibility index (Phi) is 4.92. The van der Waals surface area contributed by atoms with Crippen LogP contribution in [-0.2, 0) is 6.54 Å². The minimum atomic E-state index is -0.974. The maximum absolute atomic E-state index is 10.7. The molecule has 0 unspecified atom stereocenters. The zero-order valence-corrected chi connectivity index (χ0v) is 9.81. The molecule has 0 spiro atoms. The van der Waals surface area contributed by atoms with Crippen LogP contribution in [0.15, 0.2) is 18.3 Å². The van der Waals surface area contributed by atoms with Crippen molar-refractivity contribution < 1.29 is 9.90 Å². The van der Waals surface area contributed by atoms with E-state index in [9.17, 15) is 4.79 Å². The zero-order chi connectivity index (χ0) is 12.0. The number of carbonyl (C=O) groups is 1. The topological polar surface area (TPSA) is 53.4 Å². The van der Waals surface area contributed by atoms with E-state index in [0.717, 1.165) is 25.1 Å². The summed E-state index contributed by atoms with van der Waals surface area (Å²) in [4.78, 5) is 16.7. The third-order valence-corrected chi connectivity index (χ3v) is 2.39. The number of aromatic nitrogens is 1. The molecular weight excluding hydrogens is 204 g/mol. The van der Waals surface area contributed by atoms with E-state index in [4.69, 9.17) is 5.11 Å². The second-order valence-corrected chi connectivity index (χ2v) is 3.95. The summed E-state index contributed by atoms with van der Waals surface area (Å²) in [6, 6.07) is 3.49. The highest BCUT2D eigenvalue weighted by Gasteiger charge is 2.06. The molecule has 0 bridgehead atoms. The molecular formula is C12H18N2O2. The van der Waals surface area contributed by atoms with Gasteiger partial charge in [0.2, 0.25) is 0 Å². The number of hydrogen-bond donors (Lipinski definition) is 1. The van der Waals surface area contributed by atoms with Gasteiger partial charge in [-0.15, -0.1) is 0 Å². The summed E-state index contributed by atoms with van der Waals surface area (Å²) in [7, 11) is 2.04. The molecule has 0 aromatic carbocycles. The number of nitrogens with zero attached hydrogens (tertiary/aromatic N) is 2. The molecule has 1 aromatic heterocycles. The molecule has 0 aliphatic heterocycles. The van der Waals surface area contributed by atoms with Crippen LogP contribution in [0.25, 0.3) is 0 Å². The Hall–Kier alpha value is -1.42. The Morgan fingerprint density at radius 3 is 2.94 bits per heavy atom. The van der Waals surface area contributed by atoms with Crippen molar-refractivity contribution >= 4 is 5.97 Å². The van der Waals surface area contributed by atoms with Gasteiger partial charge in [-0.1, -0.05) is 13.3 Å². The van der Waals surface area contributed by atoms with Gasteiger partial charge < -0.3 is 10.0 Å². The molecule has 0 amide bonds. The van der Waals surface area contributed by atoms with Gasteiger partial charge in [-0.25, -0.2) is 9.78 Å². The molecule has 0 radical (unpaired) electrons. The first kappa shape index (κ1) is 12.6. The molecule has 0 aliphatic carbocycles. The van der Waals surface area contributed by atoms with Gasteiger partial charge in [0, 0.05) is 12.7 Å². The van der Waals surface area contributed by atoms with E-state index in [0.29, 0.717) is 0 Å². The lowest BCUT2D eigenvalue weighted by Gasteiger charge is -2.16. The van der Waals surface area contributed by atoms with Gasteiger partial charge in [0.25, 0.3) is 0 Å². The molecule has 1 rings (SSSR count). The number of aromatic carboxylic acids is 1. The predicted octanol–water partition coefficient (Wildman–Crippen LogP) is 2.01. The van der Waals surface area contributed by atoms with Crippen LogP contribution >= 0.6 is 0 Å². The van der Waals surface area contributed by atoms with E-state index in [1.165, 1.54) is 6.42 Å². The molecule has 1 aromatic rings. The summed E-state index contributed by atoms with van der Waals surface area (Å²) < 4.78 is 0. The second-order valence-electron chi connectivity index (χ2n) is 3.95. The van der Waals surface area contributed by atoms with E-state index in [-0.39, 0.29) is 5.69 Å². The first-order valence-electron chi connectivity index (χ1n) is 5.50. The van der Waals surface area contributed by atoms with Gasteiger partial charge in [-0.3, -0.25) is 0 Å². The van der Waals surface area contributed by atoms with Crippen LogP contribution in [0, 0.1) is 0 Å². The van der Waals surface area contributed by atoms with Crippen molar-refractivity contribution in [1.29, 1.82) is 0 Å². The molecule has 0 fully saturated rings. The van der Waals surface area contributed by atoms with E-state index >= 15 is 0 Å². The quantitative estimate of drug-likeness (QED) is 0.800. The van der Waals surface area contributed by atoms with E-state index in [2.05, 4.69) is 16.8 Å². The molecule has 0 atom stereocenters. The molecule has 0 saturated heterocycles. The van der Waals surface area contributed by atoms with Crippen LogP contribution in [-0.4, -0.2) is 34.6 Å². The number of carboxylic acids is 1. The van der Waals surface area contributed by atoms with Gasteiger partial charge in [-0.2, -0.15) is 0 Å². The molecule has 1 heterocycles. The van der Waals surface area contributed by atoms with Crippen LogP contribution in [0.2, 0.25) is 0 Å². The minimum Gasteiger partial charge on any atom is -0.477 e. The highest BCUT2D eigenvalue weighted by Crippen LogP contribution is 2.05. The van der Waals surface area contributed by atoms with Crippen LogP contribution in [0.5, 0.6) is 0 Å². The summed E-state index contributed by atoms with van der Waals surface area (Å²) >= 11 is 0. The van der Waals surface area contributed by atoms with Gasteiger partial charge in [0.1, 0.15) is 5.69 Å².